The maximum absolute atomic E-state index is 10.8. The summed E-state index contributed by atoms with van der Waals surface area (Å²) in [7, 11) is 1.33. The molecule has 6 heteroatoms. The predicted octanol–water partition coefficient (Wildman–Crippen LogP) is 0.632. The van der Waals surface area contributed by atoms with Crippen molar-refractivity contribution in [2.45, 2.75) is 13.3 Å². The highest BCUT2D eigenvalue weighted by Crippen LogP contribution is 2.03. The number of esters is 1. The molecule has 0 spiro atoms. The van der Waals surface area contributed by atoms with Gasteiger partial charge in [0.25, 0.3) is 0 Å². The second-order valence-electron chi connectivity index (χ2n) is 3.08. The molecule has 0 atom stereocenters. The molecule has 0 saturated carbocycles. The smallest absolute Gasteiger partial charge is 0.307 e. The van der Waals surface area contributed by atoms with E-state index in [1.165, 1.54) is 7.11 Å². The van der Waals surface area contributed by atoms with E-state index in [-0.39, 0.29) is 12.4 Å². The number of anilines is 1. The van der Waals surface area contributed by atoms with E-state index in [9.17, 15) is 4.79 Å². The number of rotatable bonds is 4. The van der Waals surface area contributed by atoms with Gasteiger partial charge in [-0.05, 0) is 13.0 Å². The number of methoxy groups -OCH3 is 1. The number of carbonyl (C=O) groups excluding carboxylic acids is 1. The molecule has 0 aromatic carbocycles. The van der Waals surface area contributed by atoms with Gasteiger partial charge in [0.1, 0.15) is 11.8 Å². The Kier molecular flexibility index (Phi) is 4.21. The maximum Gasteiger partial charge on any atom is 0.307 e. The molecule has 1 aromatic rings. The van der Waals surface area contributed by atoms with E-state index in [1.54, 1.807) is 13.0 Å². The second-order valence-corrected chi connectivity index (χ2v) is 3.08. The zero-order valence-electron chi connectivity index (χ0n) is 9.15. The number of nitriles is 1. The van der Waals surface area contributed by atoms with Crippen molar-refractivity contribution in [2.24, 2.45) is 0 Å². The summed E-state index contributed by atoms with van der Waals surface area (Å²) in [5.41, 5.74) is 1.00. The Morgan fingerprint density at radius 3 is 3.00 bits per heavy atom. The van der Waals surface area contributed by atoms with Gasteiger partial charge in [0.2, 0.25) is 5.95 Å². The molecule has 0 aliphatic carbocycles. The van der Waals surface area contributed by atoms with Crippen LogP contribution in [0, 0.1) is 18.3 Å². The van der Waals surface area contributed by atoms with Gasteiger partial charge < -0.3 is 10.1 Å². The number of ether oxygens (including phenoxy) is 1. The Hall–Kier alpha value is -2.16. The molecule has 0 radical (unpaired) electrons. The highest BCUT2D eigenvalue weighted by Gasteiger charge is 2.03. The average molecular weight is 220 g/mol. The Morgan fingerprint density at radius 1 is 1.62 bits per heavy atom. The van der Waals surface area contributed by atoms with Gasteiger partial charge in [0.05, 0.1) is 13.5 Å². The van der Waals surface area contributed by atoms with Gasteiger partial charge in [-0.1, -0.05) is 0 Å². The molecule has 1 aromatic heterocycles. The number of carbonyl (C=O) groups is 1. The maximum atomic E-state index is 10.8. The van der Waals surface area contributed by atoms with E-state index >= 15 is 0 Å². The Labute approximate surface area is 93.3 Å². The van der Waals surface area contributed by atoms with Crippen LogP contribution < -0.4 is 5.32 Å². The molecule has 0 saturated heterocycles. The van der Waals surface area contributed by atoms with Crippen LogP contribution in [0.15, 0.2) is 6.07 Å². The third-order valence-corrected chi connectivity index (χ3v) is 1.81. The molecule has 1 N–H and O–H groups in total. The number of aryl methyl sites for hydroxylation is 1. The lowest BCUT2D eigenvalue weighted by atomic mass is 10.3. The van der Waals surface area contributed by atoms with Gasteiger partial charge in [-0.3, -0.25) is 4.79 Å². The van der Waals surface area contributed by atoms with Crippen molar-refractivity contribution in [1.82, 2.24) is 9.97 Å². The minimum Gasteiger partial charge on any atom is -0.469 e. The van der Waals surface area contributed by atoms with Gasteiger partial charge in [0.15, 0.2) is 0 Å². The third-order valence-electron chi connectivity index (χ3n) is 1.81. The number of hydrogen-bond acceptors (Lipinski definition) is 6. The van der Waals surface area contributed by atoms with Crippen LogP contribution in [0.3, 0.4) is 0 Å². The number of nitrogens with zero attached hydrogens (tertiary/aromatic N) is 3. The van der Waals surface area contributed by atoms with Crippen molar-refractivity contribution in [1.29, 1.82) is 5.26 Å². The van der Waals surface area contributed by atoms with E-state index in [2.05, 4.69) is 20.0 Å². The number of nitrogens with one attached hydrogen (secondary N) is 1. The van der Waals surface area contributed by atoms with Crippen molar-refractivity contribution in [3.05, 3.63) is 17.5 Å². The summed E-state index contributed by atoms with van der Waals surface area (Å²) < 4.78 is 4.48. The molecule has 1 rings (SSSR count). The van der Waals surface area contributed by atoms with E-state index in [0.29, 0.717) is 23.9 Å². The fraction of sp³-hybridized carbons (Fsp3) is 0.400. The molecule has 0 unspecified atom stereocenters. The predicted molar refractivity (Wildman–Crippen MR) is 56.6 cm³/mol. The fourth-order valence-corrected chi connectivity index (χ4v) is 1.08. The molecule has 0 amide bonds. The quantitative estimate of drug-likeness (QED) is 0.749. The molecule has 0 aliphatic rings. The highest BCUT2D eigenvalue weighted by molar-refractivity contribution is 5.69. The first kappa shape index (κ1) is 11.9. The van der Waals surface area contributed by atoms with Crippen molar-refractivity contribution >= 4 is 11.9 Å². The molecule has 0 fully saturated rings. The van der Waals surface area contributed by atoms with Gasteiger partial charge >= 0.3 is 5.97 Å². The van der Waals surface area contributed by atoms with Crippen LogP contribution in [0.25, 0.3) is 0 Å². The normalized spacial score (nSPS) is 9.31. The largest absolute Gasteiger partial charge is 0.469 e. The summed E-state index contributed by atoms with van der Waals surface area (Å²) in [6, 6.07) is 3.52. The van der Waals surface area contributed by atoms with E-state index < -0.39 is 0 Å². The lowest BCUT2D eigenvalue weighted by molar-refractivity contribution is -0.140. The van der Waals surface area contributed by atoms with Crippen LogP contribution in [0.4, 0.5) is 5.95 Å². The standard InChI is InChI=1S/C10H12N4O2/c1-7-5-8(6-11)14-10(13-7)12-4-3-9(15)16-2/h5H,3-4H2,1-2H3,(H,12,13,14). The molecule has 84 valence electrons. The summed E-state index contributed by atoms with van der Waals surface area (Å²) in [6.45, 7) is 2.15. The monoisotopic (exact) mass is 220 g/mol. The molecule has 16 heavy (non-hydrogen) atoms. The van der Waals surface area contributed by atoms with Gasteiger partial charge in [-0.15, -0.1) is 0 Å². The second kappa shape index (κ2) is 5.66. The third kappa shape index (κ3) is 3.53. The van der Waals surface area contributed by atoms with Crippen LogP contribution in [-0.4, -0.2) is 29.6 Å². The van der Waals surface area contributed by atoms with Gasteiger partial charge in [-0.25, -0.2) is 9.97 Å². The molecule has 1 heterocycles. The van der Waals surface area contributed by atoms with Crippen molar-refractivity contribution < 1.29 is 9.53 Å². The van der Waals surface area contributed by atoms with Gasteiger partial charge in [-0.2, -0.15) is 5.26 Å². The minimum absolute atomic E-state index is 0.232. The molecule has 6 nitrogen and oxygen atoms in total. The minimum atomic E-state index is -0.305. The SMILES string of the molecule is COC(=O)CCNc1nc(C)cc(C#N)n1. The topological polar surface area (TPSA) is 87.9 Å². The molecule has 0 bridgehead atoms. The molecular weight excluding hydrogens is 208 g/mol. The summed E-state index contributed by atoms with van der Waals surface area (Å²) in [6.07, 6.45) is 0.232. The van der Waals surface area contributed by atoms with Crippen LogP contribution in [-0.2, 0) is 9.53 Å². The van der Waals surface area contributed by atoms with Crippen molar-refractivity contribution in [3.8, 4) is 6.07 Å². The summed E-state index contributed by atoms with van der Waals surface area (Å²) >= 11 is 0. The summed E-state index contributed by atoms with van der Waals surface area (Å²) in [5.74, 6) is 0.0427. The number of aromatic nitrogens is 2. The first-order valence-corrected chi connectivity index (χ1v) is 4.72. The van der Waals surface area contributed by atoms with Crippen molar-refractivity contribution in [3.63, 3.8) is 0 Å². The first-order chi connectivity index (χ1) is 7.65. The number of hydrogen-bond donors (Lipinski definition) is 1. The first-order valence-electron chi connectivity index (χ1n) is 4.72. The Morgan fingerprint density at radius 2 is 2.38 bits per heavy atom. The zero-order valence-corrected chi connectivity index (χ0v) is 9.15. The summed E-state index contributed by atoms with van der Waals surface area (Å²) in [4.78, 5) is 18.9. The fourth-order valence-electron chi connectivity index (χ4n) is 1.08. The van der Waals surface area contributed by atoms with E-state index in [1.807, 2.05) is 6.07 Å². The summed E-state index contributed by atoms with van der Waals surface area (Å²) in [5, 5.41) is 11.5. The lowest BCUT2D eigenvalue weighted by Crippen LogP contribution is -2.12. The van der Waals surface area contributed by atoms with Crippen LogP contribution in [0.2, 0.25) is 0 Å². The average Bonchev–Trinajstić information content (AvgIpc) is 2.28. The van der Waals surface area contributed by atoms with Crippen LogP contribution in [0.5, 0.6) is 0 Å². The van der Waals surface area contributed by atoms with Gasteiger partial charge in [0, 0.05) is 12.2 Å². The Bertz CT molecular complexity index is 425. The van der Waals surface area contributed by atoms with Crippen molar-refractivity contribution in [2.75, 3.05) is 19.0 Å². The van der Waals surface area contributed by atoms with Crippen LogP contribution in [0.1, 0.15) is 17.8 Å². The van der Waals surface area contributed by atoms with Crippen LogP contribution >= 0.6 is 0 Å². The van der Waals surface area contributed by atoms with E-state index in [0.717, 1.165) is 0 Å². The zero-order chi connectivity index (χ0) is 12.0. The molecular formula is C10H12N4O2. The lowest BCUT2D eigenvalue weighted by Gasteiger charge is -2.04. The Balaban J connectivity index is 2.57. The molecule has 0 aliphatic heterocycles. The van der Waals surface area contributed by atoms with E-state index in [4.69, 9.17) is 5.26 Å². The highest BCUT2D eigenvalue weighted by atomic mass is 16.5.